The topological polar surface area (TPSA) is 228 Å². The summed E-state index contributed by atoms with van der Waals surface area (Å²) in [6.07, 6.45) is 8.56. The monoisotopic (exact) mass is 1210 g/mol. The lowest BCUT2D eigenvalue weighted by Crippen LogP contribution is -2.42. The minimum Gasteiger partial charge on any atom is -0.478 e. The number of ether oxygens (including phenoxy) is 10. The zero-order valence-electron chi connectivity index (χ0n) is 55.5. The molecule has 0 saturated carbocycles. The van der Waals surface area contributed by atoms with E-state index in [1.54, 1.807) is 48.5 Å². The first-order valence-corrected chi connectivity index (χ1v) is 30.8. The summed E-state index contributed by atoms with van der Waals surface area (Å²) in [6, 6.07) is 13.2. The third-order valence-electron chi connectivity index (χ3n) is 15.1. The van der Waals surface area contributed by atoms with Crippen LogP contribution in [0.3, 0.4) is 0 Å². The van der Waals surface area contributed by atoms with Gasteiger partial charge in [0.15, 0.2) is 0 Å². The van der Waals surface area contributed by atoms with E-state index in [0.717, 1.165) is 41.8 Å². The lowest BCUT2D eigenvalue weighted by Gasteiger charge is -2.36. The van der Waals surface area contributed by atoms with Crippen molar-refractivity contribution in [3.8, 4) is 0 Å². The van der Waals surface area contributed by atoms with Crippen LogP contribution in [0.5, 0.6) is 0 Å². The summed E-state index contributed by atoms with van der Waals surface area (Å²) in [4.78, 5) is 22.8. The van der Waals surface area contributed by atoms with Crippen LogP contribution in [0, 0.1) is 0 Å². The second kappa shape index (κ2) is 33.2. The van der Waals surface area contributed by atoms with Crippen LogP contribution in [-0.4, -0.2) is 162 Å². The third kappa shape index (κ3) is 29.5. The molecule has 4 aromatic rings. The number of hydrogen-bond donors (Lipinski definition) is 2. The lowest BCUT2D eigenvalue weighted by molar-refractivity contribution is -0.176. The van der Waals surface area contributed by atoms with Gasteiger partial charge < -0.3 is 57.6 Å². The molecule has 0 bridgehead atoms. The molecule has 20 nitrogen and oxygen atoms in total. The number of benzene rings is 2. The molecule has 486 valence electrons. The van der Waals surface area contributed by atoms with Crippen LogP contribution in [0.1, 0.15) is 206 Å². The molecule has 2 N–H and O–H groups in total. The lowest BCUT2D eigenvalue weighted by atomic mass is 10.00. The van der Waals surface area contributed by atoms with Crippen molar-refractivity contribution in [1.29, 1.82) is 0 Å². The minimum absolute atomic E-state index is 0.199. The van der Waals surface area contributed by atoms with Gasteiger partial charge in [-0.1, -0.05) is 41.6 Å². The summed E-state index contributed by atoms with van der Waals surface area (Å²) in [5, 5.41) is 36.2. The quantitative estimate of drug-likeness (QED) is 0.0419. The van der Waals surface area contributed by atoms with Gasteiger partial charge in [-0.2, -0.15) is 0 Å². The second-order valence-electron chi connectivity index (χ2n) is 27.6. The average Bonchev–Trinajstić information content (AvgIpc) is 4.13. The molecule has 2 aromatic carbocycles. The number of aromatic carboxylic acids is 2. The first kappa shape index (κ1) is 73.7. The Kier molecular flexibility index (Phi) is 28.5. The summed E-state index contributed by atoms with van der Waals surface area (Å²) in [6.45, 7) is 42.5. The van der Waals surface area contributed by atoms with Gasteiger partial charge in [0.2, 0.25) is 0 Å². The summed E-state index contributed by atoms with van der Waals surface area (Å²) >= 11 is 0. The predicted molar refractivity (Wildman–Crippen MR) is 331 cm³/mol. The summed E-state index contributed by atoms with van der Waals surface area (Å²) in [7, 11) is 0. The molecular formula is C66H108N6O14. The molecule has 0 aliphatic rings. The Balaban J connectivity index is 1.22. The van der Waals surface area contributed by atoms with Gasteiger partial charge >= 0.3 is 11.9 Å². The van der Waals surface area contributed by atoms with E-state index in [0.29, 0.717) is 91.4 Å². The number of carboxylic acid groups (broad SMARTS) is 2. The molecule has 2 heterocycles. The van der Waals surface area contributed by atoms with E-state index in [2.05, 4.69) is 124 Å². The van der Waals surface area contributed by atoms with Crippen molar-refractivity contribution >= 4 is 11.9 Å². The standard InChI is InChI=1S/C66H108N6O14/c1-19-59(3,4)84-47-56(48-85-62(9,10)31-36-82-66(17,18)41-55(78-45-50-23-27-52(28-24-50)58(75)76)46-77-44-49-21-25-51(26-22-49)57(73)74)86-63(11,12)32-37-81-65(15,16)40-54-42-71(69-67-54)33-29-60(5,6)80-35-30-61(7,8)83-38-34-72-43-53(68-70-72)39-64(13,14)79-20-2/h21-28,42-43,55-56H,19-20,29-41,44-48H2,1-18H3,(H,73,74)(H,75,76). The molecular weight excluding hydrogens is 1100 g/mol. The maximum Gasteiger partial charge on any atom is 0.335 e. The summed E-state index contributed by atoms with van der Waals surface area (Å²) < 4.78 is 67.6. The molecule has 4 rings (SSSR count). The van der Waals surface area contributed by atoms with Gasteiger partial charge in [-0.05, 0) is 185 Å². The molecule has 2 aromatic heterocycles. The van der Waals surface area contributed by atoms with Crippen LogP contribution in [-0.2, 0) is 86.5 Å². The zero-order chi connectivity index (χ0) is 64.0. The second-order valence-corrected chi connectivity index (χ2v) is 27.6. The Morgan fingerprint density at radius 2 is 0.895 bits per heavy atom. The Hall–Kier alpha value is -4.74. The fraction of sp³-hybridized carbons (Fsp3) is 0.727. The van der Waals surface area contributed by atoms with Gasteiger partial charge in [0.1, 0.15) is 6.10 Å². The first-order chi connectivity index (χ1) is 40.0. The molecule has 2 unspecified atom stereocenters. The van der Waals surface area contributed by atoms with Gasteiger partial charge in [-0.3, -0.25) is 4.68 Å². The van der Waals surface area contributed by atoms with E-state index in [1.807, 2.05) is 42.5 Å². The zero-order valence-corrected chi connectivity index (χ0v) is 55.5. The highest BCUT2D eigenvalue weighted by molar-refractivity contribution is 5.88. The van der Waals surface area contributed by atoms with Crippen molar-refractivity contribution in [2.45, 2.75) is 259 Å². The van der Waals surface area contributed by atoms with Gasteiger partial charge in [0.05, 0.1) is 139 Å². The van der Waals surface area contributed by atoms with Crippen molar-refractivity contribution in [2.24, 2.45) is 0 Å². The molecule has 0 saturated heterocycles. The van der Waals surface area contributed by atoms with Crippen LogP contribution in [0.25, 0.3) is 0 Å². The number of aryl methyl sites for hydroxylation is 1. The van der Waals surface area contributed by atoms with Crippen molar-refractivity contribution in [2.75, 3.05) is 52.9 Å². The fourth-order valence-electron chi connectivity index (χ4n) is 9.31. The van der Waals surface area contributed by atoms with Crippen LogP contribution in [0.2, 0.25) is 0 Å². The molecule has 0 fully saturated rings. The van der Waals surface area contributed by atoms with E-state index in [-0.39, 0.29) is 65.6 Å². The van der Waals surface area contributed by atoms with Crippen LogP contribution in [0.4, 0.5) is 0 Å². The van der Waals surface area contributed by atoms with Crippen molar-refractivity contribution in [3.05, 3.63) is 94.6 Å². The number of carbonyl (C=O) groups is 2. The third-order valence-corrected chi connectivity index (χ3v) is 15.1. The highest BCUT2D eigenvalue weighted by Gasteiger charge is 2.32. The van der Waals surface area contributed by atoms with E-state index in [9.17, 15) is 19.8 Å². The van der Waals surface area contributed by atoms with Gasteiger partial charge in [0.25, 0.3) is 0 Å². The minimum atomic E-state index is -0.994. The number of rotatable bonds is 45. The fourth-order valence-corrected chi connectivity index (χ4v) is 9.31. The summed E-state index contributed by atoms with van der Waals surface area (Å²) in [5.74, 6) is -1.98. The highest BCUT2D eigenvalue weighted by atomic mass is 16.6. The van der Waals surface area contributed by atoms with Crippen molar-refractivity contribution in [3.63, 3.8) is 0 Å². The smallest absolute Gasteiger partial charge is 0.335 e. The Labute approximate surface area is 513 Å². The summed E-state index contributed by atoms with van der Waals surface area (Å²) in [5.41, 5.74) is 0.166. The number of hydrogen-bond acceptors (Lipinski definition) is 16. The number of aromatic nitrogens is 6. The molecule has 0 amide bonds. The first-order valence-electron chi connectivity index (χ1n) is 30.8. The molecule has 0 radical (unpaired) electrons. The Morgan fingerprint density at radius 1 is 0.465 bits per heavy atom. The molecule has 20 heteroatoms. The van der Waals surface area contributed by atoms with Gasteiger partial charge in [-0.25, -0.2) is 14.3 Å². The molecule has 86 heavy (non-hydrogen) atoms. The van der Waals surface area contributed by atoms with Crippen LogP contribution in [0.15, 0.2) is 60.9 Å². The number of nitrogens with zero attached hydrogens (tertiary/aromatic N) is 6. The van der Waals surface area contributed by atoms with Gasteiger partial charge in [-0.15, -0.1) is 10.2 Å². The predicted octanol–water partition coefficient (Wildman–Crippen LogP) is 12.0. The largest absolute Gasteiger partial charge is 0.478 e. The van der Waals surface area contributed by atoms with Crippen molar-refractivity contribution in [1.82, 2.24) is 30.0 Å². The van der Waals surface area contributed by atoms with Crippen LogP contribution >= 0.6 is 0 Å². The van der Waals surface area contributed by atoms with E-state index in [1.165, 1.54) is 0 Å². The molecule has 0 aliphatic heterocycles. The maximum absolute atomic E-state index is 11.4. The normalized spacial score (nSPS) is 14.0. The van der Waals surface area contributed by atoms with Crippen molar-refractivity contribution < 1.29 is 67.2 Å². The van der Waals surface area contributed by atoms with E-state index >= 15 is 0 Å². The van der Waals surface area contributed by atoms with Gasteiger partial charge in [0, 0.05) is 44.8 Å². The van der Waals surface area contributed by atoms with E-state index in [4.69, 9.17) is 47.4 Å². The highest BCUT2D eigenvalue weighted by Crippen LogP contribution is 2.28. The Bertz CT molecular complexity index is 2610. The van der Waals surface area contributed by atoms with Crippen LogP contribution < -0.4 is 0 Å². The maximum atomic E-state index is 11.4. The Morgan fingerprint density at radius 3 is 1.41 bits per heavy atom. The molecule has 0 aliphatic carbocycles. The molecule has 0 spiro atoms. The SMILES string of the molecule is CCOC(C)(C)Cc1cn(CCOC(C)(C)CCOC(C)(C)CCn2cc(CC(C)(C)OCCC(C)(C)OC(COC(C)(C)CC)COC(C)(C)CCOC(C)(C)CC(COCc3ccc(C(=O)O)cc3)OCc3ccc(C(=O)O)cc3)nn2)nn1. The average molecular weight is 1210 g/mol. The molecule has 2 atom stereocenters. The van der Waals surface area contributed by atoms with E-state index < -0.39 is 34.3 Å². The number of carboxylic acids is 2.